The Morgan fingerprint density at radius 1 is 0.818 bits per heavy atom. The number of nitrogens with one attached hydrogen (secondary N) is 1. The van der Waals surface area contributed by atoms with Gasteiger partial charge in [-0.2, -0.15) is 0 Å². The summed E-state index contributed by atoms with van der Waals surface area (Å²) < 4.78 is 0. The smallest absolute Gasteiger partial charge is 0.205 e. The predicted molar refractivity (Wildman–Crippen MR) is 93.7 cm³/mol. The molecule has 22 heavy (non-hydrogen) atoms. The summed E-state index contributed by atoms with van der Waals surface area (Å²) in [5, 5.41) is 16.1. The van der Waals surface area contributed by atoms with Crippen LogP contribution < -0.4 is 5.32 Å². The second-order valence-corrected chi connectivity index (χ2v) is 7.89. The molecule has 1 N–H and O–H groups in total. The van der Waals surface area contributed by atoms with Crippen LogP contribution in [-0.4, -0.2) is 0 Å². The summed E-state index contributed by atoms with van der Waals surface area (Å²) >= 11 is 0. The lowest BCUT2D eigenvalue weighted by atomic mass is 9.79. The van der Waals surface area contributed by atoms with Crippen LogP contribution in [0.4, 0.5) is 11.4 Å². The minimum Gasteiger partial charge on any atom is -0.352 e. The molecule has 0 spiro atoms. The van der Waals surface area contributed by atoms with Gasteiger partial charge in [0.25, 0.3) is 0 Å². The van der Waals surface area contributed by atoms with Crippen LogP contribution in [0.2, 0.25) is 0 Å². The van der Waals surface area contributed by atoms with E-state index in [1.54, 1.807) is 0 Å². The molecule has 2 aromatic rings. The summed E-state index contributed by atoms with van der Waals surface area (Å²) in [6, 6.07) is 13.9. The molecule has 117 valence electrons. The van der Waals surface area contributed by atoms with Crippen LogP contribution in [0.3, 0.4) is 0 Å². The molecule has 0 amide bonds. The summed E-state index contributed by atoms with van der Waals surface area (Å²) in [6.45, 7) is 12.8. The fourth-order valence-corrected chi connectivity index (χ4v) is 2.39. The number of benzene rings is 2. The van der Waals surface area contributed by atoms with Gasteiger partial charge in [0.1, 0.15) is 0 Å². The van der Waals surface area contributed by atoms with Crippen LogP contribution >= 0.6 is 0 Å². The highest BCUT2D eigenvalue weighted by Crippen LogP contribution is 2.41. The molecule has 0 aliphatic rings. The van der Waals surface area contributed by atoms with Crippen LogP contribution in [0, 0.1) is 0 Å². The second-order valence-electron chi connectivity index (χ2n) is 7.89. The van der Waals surface area contributed by atoms with Gasteiger partial charge in [0.05, 0.1) is 5.69 Å². The molecule has 2 nitrogen and oxygen atoms in total. The van der Waals surface area contributed by atoms with Crippen molar-refractivity contribution in [2.24, 2.45) is 0 Å². The van der Waals surface area contributed by atoms with Gasteiger partial charge in [-0.15, -0.1) is 0 Å². The third kappa shape index (κ3) is 3.62. The van der Waals surface area contributed by atoms with E-state index in [1.165, 1.54) is 5.56 Å². The van der Waals surface area contributed by atoms with Gasteiger partial charge in [-0.3, -0.25) is 5.11 Å². The molecule has 2 heteroatoms. The maximum Gasteiger partial charge on any atom is 0.205 e. The first-order valence-corrected chi connectivity index (χ1v) is 7.77. The third-order valence-electron chi connectivity index (χ3n) is 3.82. The molecule has 0 aliphatic heterocycles. The third-order valence-corrected chi connectivity index (χ3v) is 3.82. The first kappa shape index (κ1) is 16.4. The van der Waals surface area contributed by atoms with Gasteiger partial charge >= 0.3 is 0 Å². The molecule has 0 aliphatic carbocycles. The van der Waals surface area contributed by atoms with E-state index in [2.05, 4.69) is 52.9 Å². The van der Waals surface area contributed by atoms with Crippen LogP contribution in [0.25, 0.3) is 0 Å². The van der Waals surface area contributed by atoms with E-state index < -0.39 is 0 Å². The van der Waals surface area contributed by atoms with Gasteiger partial charge < -0.3 is 5.32 Å². The van der Waals surface area contributed by atoms with Crippen molar-refractivity contribution in [1.29, 1.82) is 0 Å². The molecule has 0 bridgehead atoms. The summed E-state index contributed by atoms with van der Waals surface area (Å²) in [5.41, 5.74) is 3.45. The Kier molecular flexibility index (Phi) is 4.23. The molecule has 2 rings (SSSR count). The average molecular weight is 296 g/mol. The van der Waals surface area contributed by atoms with E-state index in [4.69, 9.17) is 0 Å². The SMILES string of the molecule is CC(C)(C)c1cc(Nc2ccccc2)c([O])c(C(C)(C)C)c1. The monoisotopic (exact) mass is 296 g/mol. The molecule has 0 fully saturated rings. The second kappa shape index (κ2) is 5.68. The van der Waals surface area contributed by atoms with Crippen molar-refractivity contribution in [3.05, 3.63) is 53.6 Å². The largest absolute Gasteiger partial charge is 0.352 e. The van der Waals surface area contributed by atoms with Crippen molar-refractivity contribution in [1.82, 2.24) is 0 Å². The molecule has 0 saturated heterocycles. The van der Waals surface area contributed by atoms with Gasteiger partial charge in [-0.25, -0.2) is 0 Å². The first-order chi connectivity index (χ1) is 10.1. The summed E-state index contributed by atoms with van der Waals surface area (Å²) in [4.78, 5) is 0. The average Bonchev–Trinajstić information content (AvgIpc) is 2.39. The first-order valence-electron chi connectivity index (χ1n) is 7.77. The lowest BCUT2D eigenvalue weighted by Gasteiger charge is -2.27. The lowest BCUT2D eigenvalue weighted by molar-refractivity contribution is 0.342. The van der Waals surface area contributed by atoms with Crippen LogP contribution in [0.15, 0.2) is 42.5 Å². The predicted octanol–water partition coefficient (Wildman–Crippen LogP) is 6.17. The summed E-state index contributed by atoms with van der Waals surface area (Å²) in [5.74, 6) is 0.0874. The molecule has 0 saturated carbocycles. The Morgan fingerprint density at radius 3 is 1.91 bits per heavy atom. The fraction of sp³-hybridized carbons (Fsp3) is 0.400. The minimum absolute atomic E-state index is 0.000811. The van der Waals surface area contributed by atoms with Gasteiger partial charge in [-0.05, 0) is 34.6 Å². The van der Waals surface area contributed by atoms with Gasteiger partial charge in [0.15, 0.2) is 0 Å². The molecule has 0 aromatic heterocycles. The number of anilines is 2. The minimum atomic E-state index is -0.175. The Balaban J connectivity index is 2.57. The van der Waals surface area contributed by atoms with Crippen LogP contribution in [0.5, 0.6) is 5.75 Å². The molecule has 2 aromatic carbocycles. The highest BCUT2D eigenvalue weighted by atomic mass is 16.3. The molecule has 0 atom stereocenters. The summed E-state index contributed by atoms with van der Waals surface area (Å²) in [7, 11) is 0. The van der Waals surface area contributed by atoms with E-state index in [-0.39, 0.29) is 16.6 Å². The quantitative estimate of drug-likeness (QED) is 0.706. The Bertz CT molecular complexity index is 646. The van der Waals surface area contributed by atoms with E-state index in [0.717, 1.165) is 11.3 Å². The number of rotatable bonds is 2. The van der Waals surface area contributed by atoms with Crippen molar-refractivity contribution in [3.8, 4) is 5.75 Å². The van der Waals surface area contributed by atoms with Gasteiger partial charge in [0, 0.05) is 11.3 Å². The maximum absolute atomic E-state index is 12.8. The molecule has 1 radical (unpaired) electrons. The number of hydrogen-bond donors (Lipinski definition) is 1. The van der Waals surface area contributed by atoms with E-state index in [9.17, 15) is 5.11 Å². The van der Waals surface area contributed by atoms with E-state index in [0.29, 0.717) is 5.69 Å². The Morgan fingerprint density at radius 2 is 1.41 bits per heavy atom. The van der Waals surface area contributed by atoms with E-state index in [1.807, 2.05) is 36.4 Å². The number of para-hydroxylation sites is 1. The van der Waals surface area contributed by atoms with Crippen molar-refractivity contribution in [2.75, 3.05) is 5.32 Å². The topological polar surface area (TPSA) is 31.9 Å². The van der Waals surface area contributed by atoms with Crippen LogP contribution in [0.1, 0.15) is 52.7 Å². The molecule has 0 heterocycles. The standard InChI is InChI=1S/C20H26NO/c1-19(2,3)14-12-16(20(4,5)6)18(22)17(13-14)21-15-10-8-7-9-11-15/h7-13,21H,1-6H3. The van der Waals surface area contributed by atoms with Crippen molar-refractivity contribution >= 4 is 11.4 Å². The van der Waals surface area contributed by atoms with Gasteiger partial charge in [0.2, 0.25) is 5.75 Å². The summed E-state index contributed by atoms with van der Waals surface area (Å²) in [6.07, 6.45) is 0. The molecule has 0 unspecified atom stereocenters. The highest BCUT2D eigenvalue weighted by molar-refractivity contribution is 5.70. The van der Waals surface area contributed by atoms with Crippen molar-refractivity contribution in [2.45, 2.75) is 52.4 Å². The zero-order valence-electron chi connectivity index (χ0n) is 14.4. The lowest BCUT2D eigenvalue weighted by Crippen LogP contribution is -2.17. The van der Waals surface area contributed by atoms with Crippen LogP contribution in [-0.2, 0) is 15.9 Å². The highest BCUT2D eigenvalue weighted by Gasteiger charge is 2.26. The Labute approximate surface area is 134 Å². The maximum atomic E-state index is 12.8. The normalized spacial score (nSPS) is 12.3. The molecular weight excluding hydrogens is 270 g/mol. The van der Waals surface area contributed by atoms with Gasteiger partial charge in [-0.1, -0.05) is 65.8 Å². The Hall–Kier alpha value is -1.96. The van der Waals surface area contributed by atoms with E-state index >= 15 is 0 Å². The fourth-order valence-electron chi connectivity index (χ4n) is 2.39. The van der Waals surface area contributed by atoms with Crippen molar-refractivity contribution in [3.63, 3.8) is 0 Å². The zero-order chi connectivity index (χ0) is 16.5. The molecular formula is C20H26NO. The zero-order valence-corrected chi connectivity index (χ0v) is 14.4. The number of hydrogen-bond acceptors (Lipinski definition) is 1. The van der Waals surface area contributed by atoms with Crippen molar-refractivity contribution < 1.29 is 5.11 Å².